The van der Waals surface area contributed by atoms with E-state index in [1.807, 2.05) is 6.92 Å². The largest absolute Gasteiger partial charge is 0.435 e. The van der Waals surface area contributed by atoms with Gasteiger partial charge in [0.2, 0.25) is 0 Å². The molecule has 0 radical (unpaired) electrons. The first kappa shape index (κ1) is 25.8. The number of aliphatic imine (C=N–C) groups is 1. The lowest BCUT2D eigenvalue weighted by Crippen LogP contribution is -2.38. The minimum Gasteiger partial charge on any atom is -0.435 e. The van der Waals surface area contributed by atoms with Gasteiger partial charge >= 0.3 is 6.61 Å². The lowest BCUT2D eigenvalue weighted by atomic mass is 10.1. The van der Waals surface area contributed by atoms with Gasteiger partial charge in [-0.25, -0.2) is 0 Å². The molecule has 1 atom stereocenters. The first-order valence-electron chi connectivity index (χ1n) is 9.95. The van der Waals surface area contributed by atoms with Gasteiger partial charge in [-0.2, -0.15) is 8.78 Å². The minimum absolute atomic E-state index is 0. The standard InChI is InChI=1S/C20H31F2N3O3.HI/c1-2-23-20(24-12-5-13-27-16-6-3-4-7-16)25-14-18(26)15-8-10-17(11-9-15)28-19(21)22;/h8-11,16,18-19,26H,2-7,12-14H2,1H3,(H2,23,24,25);1H. The number of ether oxygens (including phenoxy) is 2. The second kappa shape index (κ2) is 14.7. The van der Waals surface area contributed by atoms with Gasteiger partial charge in [0.05, 0.1) is 18.8 Å². The maximum atomic E-state index is 12.2. The van der Waals surface area contributed by atoms with Gasteiger partial charge < -0.3 is 25.2 Å². The van der Waals surface area contributed by atoms with Crippen LogP contribution in [0.5, 0.6) is 5.75 Å². The lowest BCUT2D eigenvalue weighted by Gasteiger charge is -2.15. The van der Waals surface area contributed by atoms with Crippen LogP contribution in [-0.2, 0) is 4.74 Å². The van der Waals surface area contributed by atoms with E-state index in [9.17, 15) is 13.9 Å². The molecule has 0 heterocycles. The van der Waals surface area contributed by atoms with Crippen LogP contribution < -0.4 is 15.4 Å². The van der Waals surface area contributed by atoms with Crippen LogP contribution >= 0.6 is 24.0 Å². The molecule has 1 aromatic carbocycles. The Morgan fingerprint density at radius 2 is 1.90 bits per heavy atom. The molecule has 1 unspecified atom stereocenters. The summed E-state index contributed by atoms with van der Waals surface area (Å²) in [6.07, 6.45) is 5.36. The van der Waals surface area contributed by atoms with Crippen LogP contribution in [0.3, 0.4) is 0 Å². The van der Waals surface area contributed by atoms with Gasteiger partial charge in [-0.1, -0.05) is 25.0 Å². The van der Waals surface area contributed by atoms with Crippen molar-refractivity contribution in [3.63, 3.8) is 0 Å². The minimum atomic E-state index is -2.86. The van der Waals surface area contributed by atoms with Crippen LogP contribution in [0, 0.1) is 0 Å². The molecule has 1 aliphatic rings. The Balaban J connectivity index is 0.00000420. The molecule has 2 rings (SSSR count). The summed E-state index contributed by atoms with van der Waals surface area (Å²) in [7, 11) is 0. The van der Waals surface area contributed by atoms with E-state index in [1.165, 1.54) is 37.8 Å². The van der Waals surface area contributed by atoms with Crippen LogP contribution in [0.15, 0.2) is 29.3 Å². The Morgan fingerprint density at radius 3 is 2.52 bits per heavy atom. The highest BCUT2D eigenvalue weighted by Crippen LogP contribution is 2.21. The molecule has 9 heteroatoms. The predicted octanol–water partition coefficient (Wildman–Crippen LogP) is 3.84. The highest BCUT2D eigenvalue weighted by atomic mass is 127. The Bertz CT molecular complexity index is 585. The molecule has 1 aromatic rings. The van der Waals surface area contributed by atoms with Crippen LogP contribution in [-0.4, -0.2) is 50.0 Å². The fourth-order valence-corrected chi connectivity index (χ4v) is 3.08. The summed E-state index contributed by atoms with van der Waals surface area (Å²) >= 11 is 0. The summed E-state index contributed by atoms with van der Waals surface area (Å²) in [5, 5.41) is 16.6. The highest BCUT2D eigenvalue weighted by Gasteiger charge is 2.14. The molecule has 29 heavy (non-hydrogen) atoms. The third kappa shape index (κ3) is 10.4. The van der Waals surface area contributed by atoms with Crippen LogP contribution in [0.25, 0.3) is 0 Å². The summed E-state index contributed by atoms with van der Waals surface area (Å²) in [5.74, 6) is 0.685. The molecule has 3 N–H and O–H groups in total. The second-order valence-corrected chi connectivity index (χ2v) is 6.74. The molecule has 166 valence electrons. The van der Waals surface area contributed by atoms with Crippen molar-refractivity contribution in [1.82, 2.24) is 10.6 Å². The normalized spacial score (nSPS) is 15.8. The van der Waals surface area contributed by atoms with E-state index in [0.717, 1.165) is 19.6 Å². The zero-order valence-electron chi connectivity index (χ0n) is 16.8. The number of aliphatic hydroxyl groups excluding tert-OH is 1. The van der Waals surface area contributed by atoms with Crippen LogP contribution in [0.4, 0.5) is 8.78 Å². The molecule has 0 spiro atoms. The Labute approximate surface area is 188 Å². The second-order valence-electron chi connectivity index (χ2n) is 6.74. The Kier molecular flexibility index (Phi) is 13.1. The number of nitrogens with zero attached hydrogens (tertiary/aromatic N) is 1. The Morgan fingerprint density at radius 1 is 1.21 bits per heavy atom. The van der Waals surface area contributed by atoms with Crippen molar-refractivity contribution in [3.05, 3.63) is 29.8 Å². The Hall–Kier alpha value is -1.20. The maximum absolute atomic E-state index is 12.2. The molecule has 0 amide bonds. The number of benzene rings is 1. The van der Waals surface area contributed by atoms with E-state index in [2.05, 4.69) is 20.4 Å². The molecular weight excluding hydrogens is 495 g/mol. The average Bonchev–Trinajstić information content (AvgIpc) is 3.19. The molecule has 1 saturated carbocycles. The summed E-state index contributed by atoms with van der Waals surface area (Å²) in [5.41, 5.74) is 0.589. The zero-order valence-corrected chi connectivity index (χ0v) is 19.1. The molecular formula is C20H32F2IN3O3. The van der Waals surface area contributed by atoms with Crippen molar-refractivity contribution >= 4 is 29.9 Å². The SMILES string of the molecule is CCNC(=NCC(O)c1ccc(OC(F)F)cc1)NCCCOC1CCCC1.I. The van der Waals surface area contributed by atoms with Crippen molar-refractivity contribution in [2.75, 3.05) is 26.2 Å². The van der Waals surface area contributed by atoms with Crippen molar-refractivity contribution in [2.45, 2.75) is 57.8 Å². The third-order valence-electron chi connectivity index (χ3n) is 4.53. The average molecular weight is 527 g/mol. The number of guanidine groups is 1. The van der Waals surface area contributed by atoms with E-state index in [1.54, 1.807) is 12.1 Å². The maximum Gasteiger partial charge on any atom is 0.387 e. The van der Waals surface area contributed by atoms with E-state index in [4.69, 9.17) is 4.74 Å². The fourth-order valence-electron chi connectivity index (χ4n) is 3.08. The number of rotatable bonds is 11. The van der Waals surface area contributed by atoms with Crippen LogP contribution in [0.1, 0.15) is 50.7 Å². The molecule has 0 aromatic heterocycles. The summed E-state index contributed by atoms with van der Waals surface area (Å²) in [6, 6.07) is 5.92. The van der Waals surface area contributed by atoms with E-state index < -0.39 is 12.7 Å². The van der Waals surface area contributed by atoms with Gasteiger partial charge in [0.25, 0.3) is 0 Å². The first-order valence-corrected chi connectivity index (χ1v) is 9.95. The number of aliphatic hydroxyl groups is 1. The van der Waals surface area contributed by atoms with E-state index in [0.29, 0.717) is 24.2 Å². The topological polar surface area (TPSA) is 75.1 Å². The quantitative estimate of drug-likeness (QED) is 0.177. The van der Waals surface area contributed by atoms with Gasteiger partial charge in [0.1, 0.15) is 5.75 Å². The third-order valence-corrected chi connectivity index (χ3v) is 4.53. The monoisotopic (exact) mass is 527 g/mol. The van der Waals surface area contributed by atoms with Gasteiger partial charge in [0.15, 0.2) is 5.96 Å². The number of halogens is 3. The van der Waals surface area contributed by atoms with Gasteiger partial charge in [-0.3, -0.25) is 4.99 Å². The van der Waals surface area contributed by atoms with E-state index >= 15 is 0 Å². The molecule has 1 aliphatic carbocycles. The molecule has 0 saturated heterocycles. The van der Waals surface area contributed by atoms with Crippen molar-refractivity contribution in [2.24, 2.45) is 4.99 Å². The highest BCUT2D eigenvalue weighted by molar-refractivity contribution is 14.0. The molecule has 0 aliphatic heterocycles. The summed E-state index contributed by atoms with van der Waals surface area (Å²) in [4.78, 5) is 4.39. The van der Waals surface area contributed by atoms with Gasteiger partial charge in [-0.15, -0.1) is 24.0 Å². The van der Waals surface area contributed by atoms with Gasteiger partial charge in [-0.05, 0) is 43.9 Å². The first-order chi connectivity index (χ1) is 13.6. The molecule has 0 bridgehead atoms. The molecule has 6 nitrogen and oxygen atoms in total. The summed E-state index contributed by atoms with van der Waals surface area (Å²) in [6.45, 7) is 1.43. The fraction of sp³-hybridized carbons (Fsp3) is 0.650. The smallest absolute Gasteiger partial charge is 0.387 e. The van der Waals surface area contributed by atoms with Crippen molar-refractivity contribution < 1.29 is 23.4 Å². The lowest BCUT2D eigenvalue weighted by molar-refractivity contribution is -0.0498. The van der Waals surface area contributed by atoms with Crippen LogP contribution in [0.2, 0.25) is 0 Å². The number of alkyl halides is 2. The summed E-state index contributed by atoms with van der Waals surface area (Å²) < 4.78 is 34.5. The van der Waals surface area contributed by atoms with Gasteiger partial charge in [0, 0.05) is 19.7 Å². The van der Waals surface area contributed by atoms with Crippen molar-refractivity contribution in [3.8, 4) is 5.75 Å². The van der Waals surface area contributed by atoms with E-state index in [-0.39, 0.29) is 36.3 Å². The number of hydrogen-bond acceptors (Lipinski definition) is 4. The number of hydrogen-bond donors (Lipinski definition) is 3. The molecule has 1 fully saturated rings. The zero-order chi connectivity index (χ0) is 20.2. The number of nitrogens with one attached hydrogen (secondary N) is 2. The van der Waals surface area contributed by atoms with Crippen molar-refractivity contribution in [1.29, 1.82) is 0 Å². The predicted molar refractivity (Wildman–Crippen MR) is 120 cm³/mol.